The van der Waals surface area contributed by atoms with Crippen molar-refractivity contribution < 1.29 is 13.9 Å². The van der Waals surface area contributed by atoms with E-state index in [2.05, 4.69) is 5.10 Å². The van der Waals surface area contributed by atoms with Crippen LogP contribution >= 0.6 is 0 Å². The molecule has 0 saturated carbocycles. The van der Waals surface area contributed by atoms with E-state index >= 15 is 0 Å². The third kappa shape index (κ3) is 4.23. The van der Waals surface area contributed by atoms with Gasteiger partial charge in [-0.05, 0) is 54.6 Å². The molecule has 0 aliphatic carbocycles. The van der Waals surface area contributed by atoms with Gasteiger partial charge >= 0.3 is 0 Å². The van der Waals surface area contributed by atoms with Crippen molar-refractivity contribution in [2.24, 2.45) is 0 Å². The zero-order valence-electron chi connectivity index (χ0n) is 13.8. The molecule has 0 bridgehead atoms. The number of likely N-dealkylation sites (N-methyl/N-ethyl adjacent to an activating group) is 1. The van der Waals surface area contributed by atoms with E-state index in [1.165, 1.54) is 12.1 Å². The Morgan fingerprint density at radius 1 is 1.16 bits per heavy atom. The molecule has 1 heterocycles. The van der Waals surface area contributed by atoms with Gasteiger partial charge in [-0.15, -0.1) is 0 Å². The van der Waals surface area contributed by atoms with Crippen molar-refractivity contribution in [2.45, 2.75) is 0 Å². The molecule has 0 fully saturated rings. The van der Waals surface area contributed by atoms with E-state index < -0.39 is 0 Å². The van der Waals surface area contributed by atoms with Crippen molar-refractivity contribution >= 4 is 5.91 Å². The summed E-state index contributed by atoms with van der Waals surface area (Å²) in [7, 11) is 1.72. The second kappa shape index (κ2) is 7.61. The van der Waals surface area contributed by atoms with Gasteiger partial charge in [-0.25, -0.2) is 9.07 Å². The molecule has 1 amide bonds. The molecule has 3 aromatic rings. The fraction of sp³-hybridized carbons (Fsp3) is 0.158. The van der Waals surface area contributed by atoms with Crippen LogP contribution < -0.4 is 4.74 Å². The monoisotopic (exact) mass is 339 g/mol. The predicted molar refractivity (Wildman–Crippen MR) is 92.4 cm³/mol. The fourth-order valence-corrected chi connectivity index (χ4v) is 2.33. The van der Waals surface area contributed by atoms with Crippen molar-refractivity contribution in [3.8, 4) is 11.4 Å². The average molecular weight is 339 g/mol. The second-order valence-corrected chi connectivity index (χ2v) is 5.53. The summed E-state index contributed by atoms with van der Waals surface area (Å²) in [5.41, 5.74) is 1.49. The van der Waals surface area contributed by atoms with Gasteiger partial charge in [0.25, 0.3) is 5.91 Å². The number of nitrogens with zero attached hydrogens (tertiary/aromatic N) is 3. The lowest BCUT2D eigenvalue weighted by molar-refractivity contribution is 0.0774. The van der Waals surface area contributed by atoms with Gasteiger partial charge in [0.1, 0.15) is 18.2 Å². The highest BCUT2D eigenvalue weighted by Crippen LogP contribution is 2.12. The van der Waals surface area contributed by atoms with E-state index in [9.17, 15) is 9.18 Å². The molecule has 128 valence electrons. The molecular formula is C19H18FN3O2. The van der Waals surface area contributed by atoms with Gasteiger partial charge in [0, 0.05) is 25.0 Å². The molecule has 0 unspecified atom stereocenters. The topological polar surface area (TPSA) is 47.4 Å². The molecule has 25 heavy (non-hydrogen) atoms. The van der Waals surface area contributed by atoms with Crippen molar-refractivity contribution in [3.63, 3.8) is 0 Å². The van der Waals surface area contributed by atoms with Crippen LogP contribution in [-0.2, 0) is 0 Å². The Bertz CT molecular complexity index is 815. The van der Waals surface area contributed by atoms with Gasteiger partial charge in [-0.2, -0.15) is 5.10 Å². The quantitative estimate of drug-likeness (QED) is 0.693. The van der Waals surface area contributed by atoms with E-state index in [0.29, 0.717) is 24.5 Å². The maximum atomic E-state index is 12.8. The van der Waals surface area contributed by atoms with Crippen molar-refractivity contribution in [1.82, 2.24) is 14.7 Å². The Morgan fingerprint density at radius 3 is 2.52 bits per heavy atom. The van der Waals surface area contributed by atoms with E-state index in [4.69, 9.17) is 4.74 Å². The summed E-state index contributed by atoms with van der Waals surface area (Å²) >= 11 is 0. The van der Waals surface area contributed by atoms with Crippen molar-refractivity contribution in [1.29, 1.82) is 0 Å². The summed E-state index contributed by atoms with van der Waals surface area (Å²) in [6, 6.07) is 14.9. The molecular weight excluding hydrogens is 321 g/mol. The lowest BCUT2D eigenvalue weighted by atomic mass is 10.2. The first kappa shape index (κ1) is 16.7. The summed E-state index contributed by atoms with van der Waals surface area (Å²) in [5.74, 6) is 0.179. The Kier molecular flexibility index (Phi) is 5.09. The number of hydrogen-bond acceptors (Lipinski definition) is 3. The number of carbonyl (C=O) groups excluding carboxylic acids is 1. The molecule has 1 aromatic heterocycles. The number of ether oxygens (including phenoxy) is 1. The van der Waals surface area contributed by atoms with Gasteiger partial charge in [-0.1, -0.05) is 0 Å². The van der Waals surface area contributed by atoms with Crippen LogP contribution in [0.2, 0.25) is 0 Å². The standard InChI is InChI=1S/C19H18FN3O2/c1-22(13-14-25-18-9-5-16(20)6-10-18)19(24)15-3-7-17(8-4-15)23-12-2-11-21-23/h2-12H,13-14H2,1H3. The summed E-state index contributed by atoms with van der Waals surface area (Å²) in [6.07, 6.45) is 3.55. The molecule has 0 saturated heterocycles. The molecule has 0 aliphatic rings. The number of amides is 1. The number of halogens is 1. The van der Waals surface area contributed by atoms with E-state index in [0.717, 1.165) is 5.69 Å². The van der Waals surface area contributed by atoms with Gasteiger partial charge in [0.15, 0.2) is 0 Å². The maximum absolute atomic E-state index is 12.8. The van der Waals surface area contributed by atoms with Crippen LogP contribution in [0.3, 0.4) is 0 Å². The van der Waals surface area contributed by atoms with E-state index in [1.54, 1.807) is 47.1 Å². The second-order valence-electron chi connectivity index (χ2n) is 5.53. The minimum atomic E-state index is -0.307. The summed E-state index contributed by atoms with van der Waals surface area (Å²) in [5, 5.41) is 4.15. The molecule has 0 atom stereocenters. The average Bonchev–Trinajstić information content (AvgIpc) is 3.17. The van der Waals surface area contributed by atoms with Gasteiger partial charge < -0.3 is 9.64 Å². The predicted octanol–water partition coefficient (Wildman–Crippen LogP) is 3.16. The summed E-state index contributed by atoms with van der Waals surface area (Å²) in [4.78, 5) is 14.0. The molecule has 2 aromatic carbocycles. The lowest BCUT2D eigenvalue weighted by Crippen LogP contribution is -2.30. The molecule has 0 aliphatic heterocycles. The maximum Gasteiger partial charge on any atom is 0.253 e. The van der Waals surface area contributed by atoms with E-state index in [1.807, 2.05) is 24.4 Å². The Labute approximate surface area is 145 Å². The van der Waals surface area contributed by atoms with Crippen LogP contribution in [0.15, 0.2) is 67.0 Å². The molecule has 0 spiro atoms. The molecule has 5 nitrogen and oxygen atoms in total. The fourth-order valence-electron chi connectivity index (χ4n) is 2.33. The SMILES string of the molecule is CN(CCOc1ccc(F)cc1)C(=O)c1ccc(-n2cccn2)cc1. The Balaban J connectivity index is 1.54. The first-order valence-electron chi connectivity index (χ1n) is 7.87. The zero-order valence-corrected chi connectivity index (χ0v) is 13.8. The highest BCUT2D eigenvalue weighted by Gasteiger charge is 2.11. The van der Waals surface area contributed by atoms with Crippen molar-refractivity contribution in [3.05, 3.63) is 78.4 Å². The van der Waals surface area contributed by atoms with Crippen LogP contribution in [-0.4, -0.2) is 40.8 Å². The van der Waals surface area contributed by atoms with Gasteiger partial charge in [0.05, 0.1) is 12.2 Å². The molecule has 6 heteroatoms. The van der Waals surface area contributed by atoms with Crippen molar-refractivity contribution in [2.75, 3.05) is 20.2 Å². The normalized spacial score (nSPS) is 10.5. The smallest absolute Gasteiger partial charge is 0.253 e. The van der Waals surface area contributed by atoms with Crippen LogP contribution in [0.25, 0.3) is 5.69 Å². The molecule has 3 rings (SSSR count). The number of carbonyl (C=O) groups is 1. The zero-order chi connectivity index (χ0) is 17.6. The Morgan fingerprint density at radius 2 is 1.88 bits per heavy atom. The Hall–Kier alpha value is -3.15. The summed E-state index contributed by atoms with van der Waals surface area (Å²) in [6.45, 7) is 0.760. The third-order valence-electron chi connectivity index (χ3n) is 3.74. The number of hydrogen-bond donors (Lipinski definition) is 0. The largest absolute Gasteiger partial charge is 0.492 e. The molecule has 0 N–H and O–H groups in total. The van der Waals surface area contributed by atoms with Crippen LogP contribution in [0.1, 0.15) is 10.4 Å². The van der Waals surface area contributed by atoms with Crippen LogP contribution in [0, 0.1) is 5.82 Å². The minimum Gasteiger partial charge on any atom is -0.492 e. The van der Waals surface area contributed by atoms with Gasteiger partial charge in [0.2, 0.25) is 0 Å². The third-order valence-corrected chi connectivity index (χ3v) is 3.74. The van der Waals surface area contributed by atoms with Crippen LogP contribution in [0.5, 0.6) is 5.75 Å². The van der Waals surface area contributed by atoms with Crippen LogP contribution in [0.4, 0.5) is 4.39 Å². The highest BCUT2D eigenvalue weighted by molar-refractivity contribution is 5.94. The number of benzene rings is 2. The highest BCUT2D eigenvalue weighted by atomic mass is 19.1. The first-order chi connectivity index (χ1) is 12.1. The number of aromatic nitrogens is 2. The summed E-state index contributed by atoms with van der Waals surface area (Å²) < 4.78 is 20.1. The van der Waals surface area contributed by atoms with E-state index in [-0.39, 0.29) is 11.7 Å². The molecule has 0 radical (unpaired) electrons. The van der Waals surface area contributed by atoms with Gasteiger partial charge in [-0.3, -0.25) is 4.79 Å². The first-order valence-corrected chi connectivity index (χ1v) is 7.87. The number of rotatable bonds is 6. The lowest BCUT2D eigenvalue weighted by Gasteiger charge is -2.17. The minimum absolute atomic E-state index is 0.0882.